The quantitative estimate of drug-likeness (QED) is 0.246. The van der Waals surface area contributed by atoms with Gasteiger partial charge in [0.05, 0.1) is 0 Å². The second-order valence-electron chi connectivity index (χ2n) is 7.65. The molecule has 0 bridgehead atoms. The molecule has 136 valence electrons. The molecule has 0 unspecified atom stereocenters. The van der Waals surface area contributed by atoms with Crippen LogP contribution in [0.3, 0.4) is 0 Å². The molecule has 0 aromatic heterocycles. The van der Waals surface area contributed by atoms with E-state index in [1.165, 1.54) is 51.8 Å². The zero-order valence-corrected chi connectivity index (χ0v) is 19.6. The van der Waals surface area contributed by atoms with E-state index in [9.17, 15) is 5.11 Å². The number of hydrogen-bond donors (Lipinski definition) is 1. The molecule has 0 heterocycles. The minimum atomic E-state index is -2.42. The van der Waals surface area contributed by atoms with Gasteiger partial charge in [-0.2, -0.15) is 0 Å². The first-order valence-corrected chi connectivity index (χ1v) is 17.5. The average molecular weight is 429 g/mol. The van der Waals surface area contributed by atoms with Crippen LogP contribution in [0.2, 0.25) is 13.3 Å². The van der Waals surface area contributed by atoms with Gasteiger partial charge in [0, 0.05) is 0 Å². The second kappa shape index (κ2) is 12.6. The van der Waals surface area contributed by atoms with Crippen LogP contribution in [0.1, 0.15) is 86.5 Å². The normalized spacial score (nSPS) is 14.0. The predicted molar refractivity (Wildman–Crippen MR) is 109 cm³/mol. The second-order valence-corrected chi connectivity index (χ2v) is 20.9. The monoisotopic (exact) mass is 430 g/mol. The fourth-order valence-corrected chi connectivity index (χ4v) is 20.0. The fourth-order valence-electron chi connectivity index (χ4n) is 3.36. The molecule has 1 nitrogen and oxygen atoms in total. The maximum atomic E-state index is 10.5. The minimum absolute atomic E-state index is 0.694. The van der Waals surface area contributed by atoms with E-state index in [2.05, 4.69) is 45.9 Å². The van der Waals surface area contributed by atoms with Gasteiger partial charge in [-0.25, -0.2) is 0 Å². The Morgan fingerprint density at radius 2 is 1.30 bits per heavy atom. The number of allylic oxidation sites excluding steroid dienone is 3. The first-order valence-electron chi connectivity index (χ1n) is 9.97. The van der Waals surface area contributed by atoms with Crippen molar-refractivity contribution in [3.8, 4) is 0 Å². The number of unbranched alkanes of at least 4 members (excludes halogenated alkanes) is 3. The predicted octanol–water partition coefficient (Wildman–Crippen LogP) is 7.04. The van der Waals surface area contributed by atoms with Crippen molar-refractivity contribution in [1.29, 1.82) is 0 Å². The van der Waals surface area contributed by atoms with Crippen LogP contribution in [-0.2, 0) is 0 Å². The fraction of sp³-hybridized carbons (Fsp3) is 0.810. The van der Waals surface area contributed by atoms with Crippen molar-refractivity contribution in [1.82, 2.24) is 0 Å². The molecule has 23 heavy (non-hydrogen) atoms. The summed E-state index contributed by atoms with van der Waals surface area (Å²) >= 11 is -2.42. The van der Waals surface area contributed by atoms with Crippen LogP contribution in [0.5, 0.6) is 0 Å². The third-order valence-electron chi connectivity index (χ3n) is 4.68. The van der Waals surface area contributed by atoms with Crippen LogP contribution >= 0.6 is 0 Å². The van der Waals surface area contributed by atoms with Crippen molar-refractivity contribution in [3.05, 3.63) is 21.8 Å². The van der Waals surface area contributed by atoms with E-state index < -0.39 is 24.0 Å². The first kappa shape index (κ1) is 23.2. The Morgan fingerprint density at radius 3 is 1.61 bits per heavy atom. The zero-order chi connectivity index (χ0) is 17.8. The van der Waals surface area contributed by atoms with Gasteiger partial charge in [0.15, 0.2) is 0 Å². The van der Waals surface area contributed by atoms with Gasteiger partial charge < -0.3 is 0 Å². The van der Waals surface area contributed by atoms with Crippen molar-refractivity contribution in [3.63, 3.8) is 0 Å². The van der Waals surface area contributed by atoms with Crippen molar-refractivity contribution >= 4 is 18.4 Å². The molecule has 1 N–H and O–H groups in total. The van der Waals surface area contributed by atoms with Gasteiger partial charge in [0.1, 0.15) is 0 Å². The molecule has 2 heteroatoms. The van der Waals surface area contributed by atoms with Gasteiger partial charge in [-0.3, -0.25) is 0 Å². The van der Waals surface area contributed by atoms with Crippen LogP contribution in [0.4, 0.5) is 0 Å². The summed E-state index contributed by atoms with van der Waals surface area (Å²) in [6.45, 7) is 13.0. The van der Waals surface area contributed by atoms with Gasteiger partial charge in [-0.15, -0.1) is 0 Å². The summed E-state index contributed by atoms with van der Waals surface area (Å²) < 4.78 is 5.97. The van der Waals surface area contributed by atoms with Crippen LogP contribution in [0, 0.1) is 0 Å². The zero-order valence-electron chi connectivity index (χ0n) is 16.8. The van der Waals surface area contributed by atoms with Crippen molar-refractivity contribution in [2.45, 2.75) is 105 Å². The summed E-state index contributed by atoms with van der Waals surface area (Å²) in [7, 11) is 0. The molecule has 0 rings (SSSR count). The number of aliphatic hydroxyl groups is 1. The van der Waals surface area contributed by atoms with Gasteiger partial charge in [-0.05, 0) is 0 Å². The van der Waals surface area contributed by atoms with E-state index in [-0.39, 0.29) is 0 Å². The topological polar surface area (TPSA) is 20.2 Å². The molecular weight excluding hydrogens is 387 g/mol. The Labute approximate surface area is 150 Å². The molecule has 0 amide bonds. The maximum absolute atomic E-state index is 10.5. The van der Waals surface area contributed by atoms with E-state index in [1.54, 1.807) is 3.59 Å². The summed E-state index contributed by atoms with van der Waals surface area (Å²) in [6.07, 6.45) is 16.0. The van der Waals surface area contributed by atoms with Gasteiger partial charge in [-0.1, -0.05) is 0 Å². The summed E-state index contributed by atoms with van der Waals surface area (Å²) in [6, 6.07) is 0. The number of hydrogen-bond acceptors (Lipinski definition) is 1. The first-order chi connectivity index (χ1) is 10.8. The molecule has 0 atom stereocenters. The van der Waals surface area contributed by atoms with Crippen LogP contribution in [0.25, 0.3) is 0 Å². The third kappa shape index (κ3) is 9.96. The molecule has 0 aliphatic carbocycles. The molecule has 0 aromatic rings. The molecule has 0 fully saturated rings. The van der Waals surface area contributed by atoms with Gasteiger partial charge >= 0.3 is 151 Å². The van der Waals surface area contributed by atoms with Crippen molar-refractivity contribution < 1.29 is 5.11 Å². The Balaban J connectivity index is 5.80. The molecule has 0 radical (unpaired) electrons. The SMILES string of the molecule is CC/C=C\[C](=C/C(C)(C)O)[Sn]([CH2]CCC)([CH2]CCC)[CH2]CCC. The molecule has 0 aliphatic rings. The molecule has 0 aromatic carbocycles. The van der Waals surface area contributed by atoms with E-state index in [0.717, 1.165) is 6.42 Å². The van der Waals surface area contributed by atoms with Crippen LogP contribution in [0.15, 0.2) is 21.8 Å². The van der Waals surface area contributed by atoms with E-state index >= 15 is 0 Å². The van der Waals surface area contributed by atoms with Crippen LogP contribution < -0.4 is 0 Å². The Hall–Kier alpha value is 0.239. The van der Waals surface area contributed by atoms with Gasteiger partial charge in [0.2, 0.25) is 0 Å². The Bertz CT molecular complexity index is 328. The van der Waals surface area contributed by atoms with Crippen molar-refractivity contribution in [2.24, 2.45) is 0 Å². The molecular formula is C21H42OSn. The molecule has 0 saturated heterocycles. The Morgan fingerprint density at radius 1 is 0.870 bits per heavy atom. The Kier molecular flexibility index (Phi) is 12.7. The summed E-state index contributed by atoms with van der Waals surface area (Å²) in [5, 5.41) is 10.5. The average Bonchev–Trinajstić information content (AvgIpc) is 2.50. The summed E-state index contributed by atoms with van der Waals surface area (Å²) in [5.41, 5.74) is -0.694. The standard InChI is InChI=1S/C9H15O.3C4H9.Sn/c1-4-5-6-7-8-9(2,3)10;3*1-3-4-2;/h5-6,8,10H,4H2,1-3H3;3*1,3-4H2,2H3;/b6-5-,8-7?;;;;. The van der Waals surface area contributed by atoms with Gasteiger partial charge in [0.25, 0.3) is 0 Å². The summed E-state index contributed by atoms with van der Waals surface area (Å²) in [5.74, 6) is 0. The molecule has 0 aliphatic heterocycles. The van der Waals surface area contributed by atoms with E-state index in [1.807, 2.05) is 13.8 Å². The molecule has 0 spiro atoms. The molecule has 0 saturated carbocycles. The van der Waals surface area contributed by atoms with E-state index in [4.69, 9.17) is 0 Å². The van der Waals surface area contributed by atoms with E-state index in [0.29, 0.717) is 0 Å². The third-order valence-corrected chi connectivity index (χ3v) is 20.3. The summed E-state index contributed by atoms with van der Waals surface area (Å²) in [4.78, 5) is 0. The number of rotatable bonds is 13. The van der Waals surface area contributed by atoms with Crippen molar-refractivity contribution in [2.75, 3.05) is 0 Å². The van der Waals surface area contributed by atoms with Crippen LogP contribution in [-0.4, -0.2) is 29.1 Å².